The van der Waals surface area contributed by atoms with Crippen molar-refractivity contribution in [2.24, 2.45) is 0 Å². The zero-order valence-corrected chi connectivity index (χ0v) is 14.9. The van der Waals surface area contributed by atoms with Gasteiger partial charge in [-0.3, -0.25) is 0 Å². The van der Waals surface area contributed by atoms with Gasteiger partial charge in [0, 0.05) is 5.92 Å². The molecule has 124 valence electrons. The summed E-state index contributed by atoms with van der Waals surface area (Å²) in [6.07, 6.45) is 10.9. The van der Waals surface area contributed by atoms with E-state index in [4.69, 9.17) is 0 Å². The first-order valence-corrected chi connectivity index (χ1v) is 9.45. The molecule has 2 aromatic rings. The van der Waals surface area contributed by atoms with Gasteiger partial charge in [0.25, 0.3) is 0 Å². The Morgan fingerprint density at radius 3 is 2.09 bits per heavy atom. The fourth-order valence-corrected chi connectivity index (χ4v) is 3.24. The van der Waals surface area contributed by atoms with Crippen molar-refractivity contribution in [3.8, 4) is 0 Å². The lowest BCUT2D eigenvalue weighted by molar-refractivity contribution is 0.589. The van der Waals surface area contributed by atoms with Crippen LogP contribution in [-0.2, 0) is 6.42 Å². The molecule has 0 radical (unpaired) electrons. The number of hydrogen-bond donors (Lipinski definition) is 0. The molecule has 0 aliphatic rings. The quantitative estimate of drug-likeness (QED) is 0.409. The van der Waals surface area contributed by atoms with E-state index in [1.165, 1.54) is 68.1 Å². The molecule has 1 atom stereocenters. The van der Waals surface area contributed by atoms with E-state index in [0.29, 0.717) is 5.92 Å². The first-order chi connectivity index (χ1) is 11.3. The van der Waals surface area contributed by atoms with Crippen LogP contribution in [0.2, 0.25) is 0 Å². The minimum atomic E-state index is 0.477. The summed E-state index contributed by atoms with van der Waals surface area (Å²) in [7, 11) is 0. The summed E-state index contributed by atoms with van der Waals surface area (Å²) >= 11 is 0. The maximum absolute atomic E-state index is 2.41. The fourth-order valence-electron chi connectivity index (χ4n) is 3.24. The number of aryl methyl sites for hydroxylation is 1. The number of unbranched alkanes of at least 4 members (excludes halogenated alkanes) is 6. The van der Waals surface area contributed by atoms with Gasteiger partial charge in [0.1, 0.15) is 0 Å². The summed E-state index contributed by atoms with van der Waals surface area (Å²) in [5.41, 5.74) is 4.34. The maximum Gasteiger partial charge on any atom is 0.00611 e. The van der Waals surface area contributed by atoms with E-state index < -0.39 is 0 Å². The predicted octanol–water partition coefficient (Wildman–Crippen LogP) is 7.13. The highest BCUT2D eigenvalue weighted by molar-refractivity contribution is 5.34. The molecule has 0 spiro atoms. The topological polar surface area (TPSA) is 0 Å². The Labute approximate surface area is 143 Å². The molecule has 0 fully saturated rings. The standard InChI is InChI=1S/C23H32/c1-3-4-5-6-7-8-10-14-21-15-13-18-23(19-21)20(2)22-16-11-9-12-17-22/h9,11-13,15-20H,3-8,10,14H2,1-2H3. The third-order valence-electron chi connectivity index (χ3n) is 4.82. The van der Waals surface area contributed by atoms with Gasteiger partial charge in [-0.15, -0.1) is 0 Å². The van der Waals surface area contributed by atoms with Gasteiger partial charge < -0.3 is 0 Å². The van der Waals surface area contributed by atoms with Crippen LogP contribution in [0, 0.1) is 0 Å². The van der Waals surface area contributed by atoms with Crippen molar-refractivity contribution in [2.75, 3.05) is 0 Å². The summed E-state index contributed by atoms with van der Waals surface area (Å²) in [5.74, 6) is 0.477. The molecule has 0 bridgehead atoms. The zero-order chi connectivity index (χ0) is 16.3. The van der Waals surface area contributed by atoms with Crippen LogP contribution in [0.4, 0.5) is 0 Å². The van der Waals surface area contributed by atoms with Crippen LogP contribution in [0.1, 0.15) is 81.4 Å². The fraction of sp³-hybridized carbons (Fsp3) is 0.478. The molecule has 0 aliphatic carbocycles. The molecule has 1 unspecified atom stereocenters. The van der Waals surface area contributed by atoms with Crippen LogP contribution in [0.5, 0.6) is 0 Å². The van der Waals surface area contributed by atoms with E-state index in [2.05, 4.69) is 68.4 Å². The Kier molecular flexibility index (Phi) is 7.93. The molecule has 0 nitrogen and oxygen atoms in total. The van der Waals surface area contributed by atoms with Crippen molar-refractivity contribution in [1.29, 1.82) is 0 Å². The Morgan fingerprint density at radius 2 is 1.35 bits per heavy atom. The maximum atomic E-state index is 2.41. The first kappa shape index (κ1) is 17.8. The average molecular weight is 309 g/mol. The normalized spacial score (nSPS) is 12.3. The van der Waals surface area contributed by atoms with Gasteiger partial charge in [0.05, 0.1) is 0 Å². The third kappa shape index (κ3) is 6.22. The molecular weight excluding hydrogens is 276 g/mol. The van der Waals surface area contributed by atoms with Crippen molar-refractivity contribution in [2.45, 2.75) is 71.1 Å². The van der Waals surface area contributed by atoms with E-state index in [9.17, 15) is 0 Å². The van der Waals surface area contributed by atoms with Crippen molar-refractivity contribution < 1.29 is 0 Å². The molecule has 0 saturated carbocycles. The van der Waals surface area contributed by atoms with Crippen LogP contribution in [0.15, 0.2) is 54.6 Å². The van der Waals surface area contributed by atoms with Crippen molar-refractivity contribution >= 4 is 0 Å². The third-order valence-corrected chi connectivity index (χ3v) is 4.82. The number of rotatable bonds is 10. The predicted molar refractivity (Wildman–Crippen MR) is 102 cm³/mol. The van der Waals surface area contributed by atoms with E-state index >= 15 is 0 Å². The first-order valence-electron chi connectivity index (χ1n) is 9.45. The van der Waals surface area contributed by atoms with Crippen LogP contribution in [-0.4, -0.2) is 0 Å². The zero-order valence-electron chi connectivity index (χ0n) is 14.9. The average Bonchev–Trinajstić information content (AvgIpc) is 2.61. The van der Waals surface area contributed by atoms with Gasteiger partial charge in [-0.05, 0) is 29.5 Å². The monoisotopic (exact) mass is 308 g/mol. The molecule has 0 aliphatic heterocycles. The van der Waals surface area contributed by atoms with Crippen molar-refractivity contribution in [3.05, 3.63) is 71.3 Å². The smallest absolute Gasteiger partial charge is 0.00611 e. The molecular formula is C23H32. The van der Waals surface area contributed by atoms with Crippen LogP contribution in [0.25, 0.3) is 0 Å². The molecule has 23 heavy (non-hydrogen) atoms. The summed E-state index contributed by atoms with van der Waals surface area (Å²) in [5, 5.41) is 0. The second-order valence-electron chi connectivity index (χ2n) is 6.75. The van der Waals surface area contributed by atoms with Gasteiger partial charge >= 0.3 is 0 Å². The van der Waals surface area contributed by atoms with Gasteiger partial charge in [0.15, 0.2) is 0 Å². The van der Waals surface area contributed by atoms with E-state index in [1.807, 2.05) is 0 Å². The van der Waals surface area contributed by atoms with Crippen LogP contribution in [0.3, 0.4) is 0 Å². The molecule has 0 saturated heterocycles. The molecule has 0 N–H and O–H groups in total. The Morgan fingerprint density at radius 1 is 0.696 bits per heavy atom. The van der Waals surface area contributed by atoms with Crippen LogP contribution < -0.4 is 0 Å². The highest BCUT2D eigenvalue weighted by Gasteiger charge is 2.08. The van der Waals surface area contributed by atoms with Crippen molar-refractivity contribution in [3.63, 3.8) is 0 Å². The van der Waals surface area contributed by atoms with Gasteiger partial charge in [0.2, 0.25) is 0 Å². The minimum absolute atomic E-state index is 0.477. The van der Waals surface area contributed by atoms with Gasteiger partial charge in [-0.25, -0.2) is 0 Å². The largest absolute Gasteiger partial charge is 0.0654 e. The summed E-state index contributed by atoms with van der Waals surface area (Å²) in [6.45, 7) is 4.59. The van der Waals surface area contributed by atoms with E-state index in [0.717, 1.165) is 0 Å². The lowest BCUT2D eigenvalue weighted by atomic mass is 9.91. The highest BCUT2D eigenvalue weighted by Crippen LogP contribution is 2.25. The van der Waals surface area contributed by atoms with E-state index in [1.54, 1.807) is 0 Å². The van der Waals surface area contributed by atoms with Gasteiger partial charge in [-0.1, -0.05) is 107 Å². The lowest BCUT2D eigenvalue weighted by Crippen LogP contribution is -1.97. The molecule has 2 rings (SSSR count). The SMILES string of the molecule is CCCCCCCCCc1cccc(C(C)c2ccccc2)c1. The lowest BCUT2D eigenvalue weighted by Gasteiger charge is -2.14. The molecule has 2 aromatic carbocycles. The Bertz CT molecular complexity index is 541. The molecule has 0 heterocycles. The Balaban J connectivity index is 1.81. The van der Waals surface area contributed by atoms with Gasteiger partial charge in [-0.2, -0.15) is 0 Å². The molecule has 0 amide bonds. The number of hydrogen-bond acceptors (Lipinski definition) is 0. The summed E-state index contributed by atoms with van der Waals surface area (Å²) in [6, 6.07) is 20.0. The summed E-state index contributed by atoms with van der Waals surface area (Å²) < 4.78 is 0. The molecule has 0 heteroatoms. The summed E-state index contributed by atoms with van der Waals surface area (Å²) in [4.78, 5) is 0. The van der Waals surface area contributed by atoms with Crippen molar-refractivity contribution in [1.82, 2.24) is 0 Å². The minimum Gasteiger partial charge on any atom is -0.0654 e. The molecule has 0 aromatic heterocycles. The second-order valence-corrected chi connectivity index (χ2v) is 6.75. The number of benzene rings is 2. The van der Waals surface area contributed by atoms with Crippen LogP contribution >= 0.6 is 0 Å². The van der Waals surface area contributed by atoms with E-state index in [-0.39, 0.29) is 0 Å². The Hall–Kier alpha value is -1.56. The second kappa shape index (κ2) is 10.3. The highest BCUT2D eigenvalue weighted by atomic mass is 14.1.